The molecule has 0 unspecified atom stereocenters. The molecule has 1 fully saturated rings. The molecule has 1 saturated heterocycles. The van der Waals surface area contributed by atoms with Gasteiger partial charge in [-0.25, -0.2) is 4.39 Å². The second-order valence-electron chi connectivity index (χ2n) is 6.34. The third kappa shape index (κ3) is 5.18. The molecular formula is C20H21ClFN3O. The van der Waals surface area contributed by atoms with Gasteiger partial charge < -0.3 is 4.74 Å². The van der Waals surface area contributed by atoms with E-state index in [1.165, 1.54) is 6.07 Å². The highest BCUT2D eigenvalue weighted by Gasteiger charge is 2.18. The highest BCUT2D eigenvalue weighted by molar-refractivity contribution is 6.30. The number of nitrogens with zero attached hydrogens (tertiary/aromatic N) is 3. The summed E-state index contributed by atoms with van der Waals surface area (Å²) in [7, 11) is 0. The van der Waals surface area contributed by atoms with Crippen LogP contribution in [0.15, 0.2) is 42.5 Å². The second-order valence-corrected chi connectivity index (χ2v) is 6.77. The van der Waals surface area contributed by atoms with Crippen molar-refractivity contribution >= 4 is 11.6 Å². The van der Waals surface area contributed by atoms with Gasteiger partial charge in [0.05, 0.1) is 11.6 Å². The fourth-order valence-corrected chi connectivity index (χ4v) is 3.11. The zero-order valence-electron chi connectivity index (χ0n) is 14.5. The van der Waals surface area contributed by atoms with Crippen molar-refractivity contribution < 1.29 is 9.13 Å². The van der Waals surface area contributed by atoms with Gasteiger partial charge in [-0.3, -0.25) is 9.80 Å². The molecule has 1 heterocycles. The smallest absolute Gasteiger partial charge is 0.129 e. The zero-order chi connectivity index (χ0) is 18.4. The third-order valence-electron chi connectivity index (χ3n) is 4.53. The maximum atomic E-state index is 14.0. The van der Waals surface area contributed by atoms with Gasteiger partial charge in [-0.2, -0.15) is 5.26 Å². The van der Waals surface area contributed by atoms with E-state index < -0.39 is 0 Å². The van der Waals surface area contributed by atoms with E-state index in [9.17, 15) is 4.39 Å². The molecule has 0 aromatic heterocycles. The molecule has 0 radical (unpaired) electrons. The summed E-state index contributed by atoms with van der Waals surface area (Å²) < 4.78 is 19.7. The normalized spacial score (nSPS) is 15.6. The van der Waals surface area contributed by atoms with Crippen molar-refractivity contribution in [2.45, 2.75) is 6.54 Å². The summed E-state index contributed by atoms with van der Waals surface area (Å²) in [6, 6.07) is 14.0. The van der Waals surface area contributed by atoms with Crippen molar-refractivity contribution in [2.24, 2.45) is 0 Å². The summed E-state index contributed by atoms with van der Waals surface area (Å²) in [5.41, 5.74) is 1.00. The average Bonchev–Trinajstić information content (AvgIpc) is 2.66. The van der Waals surface area contributed by atoms with E-state index in [0.29, 0.717) is 29.3 Å². The quantitative estimate of drug-likeness (QED) is 0.776. The van der Waals surface area contributed by atoms with Gasteiger partial charge in [-0.15, -0.1) is 0 Å². The Kier molecular flexibility index (Phi) is 6.45. The molecule has 1 aliphatic heterocycles. The van der Waals surface area contributed by atoms with Crippen LogP contribution in [0, 0.1) is 17.1 Å². The topological polar surface area (TPSA) is 39.5 Å². The van der Waals surface area contributed by atoms with E-state index in [1.807, 2.05) is 30.3 Å². The Morgan fingerprint density at radius 1 is 1.04 bits per heavy atom. The summed E-state index contributed by atoms with van der Waals surface area (Å²) in [4.78, 5) is 4.59. The van der Waals surface area contributed by atoms with E-state index in [0.717, 1.165) is 38.5 Å². The maximum absolute atomic E-state index is 14.0. The molecule has 0 atom stereocenters. The molecule has 1 aliphatic rings. The highest BCUT2D eigenvalue weighted by atomic mass is 35.5. The summed E-state index contributed by atoms with van der Waals surface area (Å²) in [5, 5.41) is 9.51. The molecule has 6 heteroatoms. The van der Waals surface area contributed by atoms with Gasteiger partial charge in [0.1, 0.15) is 18.2 Å². The number of hydrogen-bond acceptors (Lipinski definition) is 4. The molecule has 0 bridgehead atoms. The lowest BCUT2D eigenvalue weighted by molar-refractivity contribution is 0.112. The minimum atomic E-state index is -0.303. The van der Waals surface area contributed by atoms with Gasteiger partial charge in [-0.05, 0) is 36.4 Å². The van der Waals surface area contributed by atoms with Gasteiger partial charge >= 0.3 is 0 Å². The largest absolute Gasteiger partial charge is 0.492 e. The summed E-state index contributed by atoms with van der Waals surface area (Å²) >= 11 is 5.86. The number of hydrogen-bond donors (Lipinski definition) is 0. The molecule has 2 aromatic rings. The van der Waals surface area contributed by atoms with Crippen molar-refractivity contribution in [1.29, 1.82) is 5.26 Å². The summed E-state index contributed by atoms with van der Waals surface area (Å²) in [6.07, 6.45) is 0. The van der Waals surface area contributed by atoms with E-state index >= 15 is 0 Å². The van der Waals surface area contributed by atoms with Gasteiger partial charge in [0.25, 0.3) is 0 Å². The minimum Gasteiger partial charge on any atom is -0.492 e. The molecule has 0 aliphatic carbocycles. The monoisotopic (exact) mass is 373 g/mol. The van der Waals surface area contributed by atoms with E-state index in [-0.39, 0.29) is 5.82 Å². The zero-order valence-corrected chi connectivity index (χ0v) is 15.3. The Morgan fingerprint density at radius 2 is 1.73 bits per heavy atom. The number of rotatable bonds is 6. The number of ether oxygens (including phenoxy) is 1. The van der Waals surface area contributed by atoms with Gasteiger partial charge in [0.2, 0.25) is 0 Å². The van der Waals surface area contributed by atoms with Gasteiger partial charge in [-0.1, -0.05) is 17.7 Å². The lowest BCUT2D eigenvalue weighted by Gasteiger charge is -2.34. The number of halogens is 2. The van der Waals surface area contributed by atoms with E-state index in [1.54, 1.807) is 12.1 Å². The summed E-state index contributed by atoms with van der Waals surface area (Å²) in [5.74, 6) is 0.521. The first-order valence-corrected chi connectivity index (χ1v) is 9.03. The average molecular weight is 374 g/mol. The molecule has 4 nitrogen and oxygen atoms in total. The third-order valence-corrected chi connectivity index (χ3v) is 4.78. The molecular weight excluding hydrogens is 353 g/mol. The number of nitriles is 1. The highest BCUT2D eigenvalue weighted by Crippen LogP contribution is 2.16. The van der Waals surface area contributed by atoms with Crippen LogP contribution in [0.5, 0.6) is 5.75 Å². The van der Waals surface area contributed by atoms with Crippen molar-refractivity contribution in [3.63, 3.8) is 0 Å². The van der Waals surface area contributed by atoms with Crippen LogP contribution in [0.4, 0.5) is 4.39 Å². The Labute approximate surface area is 158 Å². The van der Waals surface area contributed by atoms with Gasteiger partial charge in [0.15, 0.2) is 0 Å². The van der Waals surface area contributed by atoms with Crippen LogP contribution >= 0.6 is 11.6 Å². The molecule has 26 heavy (non-hydrogen) atoms. The molecule has 136 valence electrons. The van der Waals surface area contributed by atoms with Crippen LogP contribution in [0.1, 0.15) is 11.1 Å². The van der Waals surface area contributed by atoms with E-state index in [4.69, 9.17) is 21.6 Å². The SMILES string of the molecule is N#Cc1ccc(CN2CCN(CCOc3ccc(Cl)cc3)CC2)c(F)c1. The number of piperazine rings is 1. The first-order valence-electron chi connectivity index (χ1n) is 8.65. The molecule has 0 saturated carbocycles. The van der Waals surface area contributed by atoms with Crippen molar-refractivity contribution in [3.05, 3.63) is 64.4 Å². The first kappa shape index (κ1) is 18.7. The molecule has 3 rings (SSSR count). The van der Waals surface area contributed by atoms with Crippen LogP contribution < -0.4 is 4.74 Å². The van der Waals surface area contributed by atoms with Crippen LogP contribution in [-0.2, 0) is 6.54 Å². The fraction of sp³-hybridized carbons (Fsp3) is 0.350. The molecule has 0 amide bonds. The Bertz CT molecular complexity index is 768. The predicted molar refractivity (Wildman–Crippen MR) is 99.8 cm³/mol. The van der Waals surface area contributed by atoms with Gasteiger partial charge in [0, 0.05) is 49.9 Å². The molecule has 0 spiro atoms. The number of benzene rings is 2. The van der Waals surface area contributed by atoms with Crippen LogP contribution in [0.3, 0.4) is 0 Å². The lowest BCUT2D eigenvalue weighted by Crippen LogP contribution is -2.47. The lowest BCUT2D eigenvalue weighted by atomic mass is 10.1. The van der Waals surface area contributed by atoms with Crippen LogP contribution in [-0.4, -0.2) is 49.1 Å². The van der Waals surface area contributed by atoms with Crippen molar-refractivity contribution in [2.75, 3.05) is 39.3 Å². The summed E-state index contributed by atoms with van der Waals surface area (Å²) in [6.45, 7) is 5.71. The predicted octanol–water partition coefficient (Wildman–Crippen LogP) is 3.55. The molecule has 2 aromatic carbocycles. The Balaban J connectivity index is 1.40. The first-order chi connectivity index (χ1) is 12.6. The Hall–Kier alpha value is -2.13. The van der Waals surface area contributed by atoms with E-state index in [2.05, 4.69) is 9.80 Å². The van der Waals surface area contributed by atoms with Crippen LogP contribution in [0.2, 0.25) is 5.02 Å². The Morgan fingerprint density at radius 3 is 2.38 bits per heavy atom. The van der Waals surface area contributed by atoms with Crippen molar-refractivity contribution in [1.82, 2.24) is 9.80 Å². The minimum absolute atomic E-state index is 0.303. The van der Waals surface area contributed by atoms with Crippen LogP contribution in [0.25, 0.3) is 0 Å². The fourth-order valence-electron chi connectivity index (χ4n) is 2.98. The second kappa shape index (κ2) is 9.00. The standard InChI is InChI=1S/C20H21ClFN3O/c21-18-3-5-19(6-4-18)26-12-11-24-7-9-25(10-8-24)15-17-2-1-16(14-23)13-20(17)22/h1-6,13H,7-12,15H2. The molecule has 0 N–H and O–H groups in total. The maximum Gasteiger partial charge on any atom is 0.129 e. The van der Waals surface area contributed by atoms with Crippen molar-refractivity contribution in [3.8, 4) is 11.8 Å².